The molecule has 0 radical (unpaired) electrons. The highest BCUT2D eigenvalue weighted by atomic mass is 16.3. The van der Waals surface area contributed by atoms with Crippen LogP contribution in [0.3, 0.4) is 0 Å². The number of likely N-dealkylation sites (N-methyl/N-ethyl adjacent to an activating group) is 1. The second-order valence-electron chi connectivity index (χ2n) is 5.54. The first-order valence-corrected chi connectivity index (χ1v) is 7.32. The fourth-order valence-electron chi connectivity index (χ4n) is 2.28. The summed E-state index contributed by atoms with van der Waals surface area (Å²) in [5.41, 5.74) is 3.41. The van der Waals surface area contributed by atoms with E-state index in [0.29, 0.717) is 0 Å². The molecule has 0 saturated heterocycles. The van der Waals surface area contributed by atoms with Crippen molar-refractivity contribution in [3.8, 4) is 0 Å². The summed E-state index contributed by atoms with van der Waals surface area (Å²) in [5.74, 6) is 0. The quantitative estimate of drug-likeness (QED) is 0.847. The van der Waals surface area contributed by atoms with Gasteiger partial charge in [0.25, 0.3) is 0 Å². The Morgan fingerprint density at radius 3 is 2.24 bits per heavy atom. The minimum atomic E-state index is 0.0840. The lowest BCUT2D eigenvalue weighted by Gasteiger charge is -2.27. The highest BCUT2D eigenvalue weighted by Gasteiger charge is 2.08. The molecule has 0 aromatic heterocycles. The molecular weight excluding hydrogens is 260 g/mol. The fraction of sp³-hybridized carbons (Fsp3) is 0.333. The first kappa shape index (κ1) is 15.5. The van der Waals surface area contributed by atoms with Gasteiger partial charge in [0.05, 0.1) is 6.61 Å². The summed E-state index contributed by atoms with van der Waals surface area (Å²) in [6.07, 6.45) is 0. The third-order valence-electron chi connectivity index (χ3n) is 3.49. The van der Waals surface area contributed by atoms with E-state index in [1.165, 1.54) is 5.56 Å². The van der Waals surface area contributed by atoms with E-state index in [0.717, 1.165) is 30.9 Å². The number of benzene rings is 2. The van der Waals surface area contributed by atoms with Gasteiger partial charge in [0.15, 0.2) is 0 Å². The zero-order chi connectivity index (χ0) is 15.1. The van der Waals surface area contributed by atoms with Crippen LogP contribution in [0, 0.1) is 0 Å². The van der Waals surface area contributed by atoms with E-state index in [2.05, 4.69) is 60.3 Å². The Labute approximate surface area is 127 Å². The fourth-order valence-corrected chi connectivity index (χ4v) is 2.28. The zero-order valence-corrected chi connectivity index (χ0v) is 12.9. The first-order valence-electron chi connectivity index (χ1n) is 7.32. The van der Waals surface area contributed by atoms with Crippen molar-refractivity contribution in [2.75, 3.05) is 32.1 Å². The molecule has 0 fully saturated rings. The van der Waals surface area contributed by atoms with Gasteiger partial charge in [-0.2, -0.15) is 0 Å². The van der Waals surface area contributed by atoms with Gasteiger partial charge in [-0.15, -0.1) is 0 Å². The van der Waals surface area contributed by atoms with Crippen LogP contribution in [0.1, 0.15) is 11.1 Å². The van der Waals surface area contributed by atoms with Crippen LogP contribution in [0.15, 0.2) is 54.6 Å². The van der Waals surface area contributed by atoms with E-state index in [1.54, 1.807) is 0 Å². The summed E-state index contributed by atoms with van der Waals surface area (Å²) in [5, 5.41) is 9.32. The lowest BCUT2D eigenvalue weighted by molar-refractivity contribution is 0.282. The van der Waals surface area contributed by atoms with Crippen LogP contribution in [0.4, 0.5) is 5.69 Å². The maximum absolute atomic E-state index is 9.32. The molecule has 0 aliphatic rings. The van der Waals surface area contributed by atoms with E-state index in [1.807, 2.05) is 18.2 Å². The van der Waals surface area contributed by atoms with E-state index in [-0.39, 0.29) is 6.61 Å². The predicted molar refractivity (Wildman–Crippen MR) is 88.4 cm³/mol. The Kier molecular flexibility index (Phi) is 5.78. The Bertz CT molecular complexity index is 540. The first-order chi connectivity index (χ1) is 10.2. The topological polar surface area (TPSA) is 26.7 Å². The van der Waals surface area contributed by atoms with Crippen molar-refractivity contribution >= 4 is 5.69 Å². The van der Waals surface area contributed by atoms with E-state index < -0.39 is 0 Å². The van der Waals surface area contributed by atoms with Crippen molar-refractivity contribution in [1.82, 2.24) is 4.90 Å². The van der Waals surface area contributed by atoms with E-state index in [4.69, 9.17) is 0 Å². The molecule has 2 rings (SSSR count). The Balaban J connectivity index is 2.18. The van der Waals surface area contributed by atoms with Gasteiger partial charge in [0.1, 0.15) is 0 Å². The standard InChI is InChI=1S/C18H24N2O/c1-19(2)11-12-20(14-16-7-4-3-5-8-16)18-10-6-9-17(13-18)15-21/h3-10,13,21H,11-12,14-15H2,1-2H3. The van der Waals surface area contributed by atoms with Crippen molar-refractivity contribution in [2.24, 2.45) is 0 Å². The molecule has 0 atom stereocenters. The molecule has 0 spiro atoms. The smallest absolute Gasteiger partial charge is 0.0682 e. The third kappa shape index (κ3) is 4.88. The zero-order valence-electron chi connectivity index (χ0n) is 12.9. The molecule has 0 bridgehead atoms. The molecule has 0 heterocycles. The van der Waals surface area contributed by atoms with Crippen LogP contribution < -0.4 is 4.90 Å². The molecule has 3 nitrogen and oxygen atoms in total. The van der Waals surface area contributed by atoms with Gasteiger partial charge in [-0.25, -0.2) is 0 Å². The monoisotopic (exact) mass is 284 g/mol. The molecule has 0 unspecified atom stereocenters. The van der Waals surface area contributed by atoms with E-state index in [9.17, 15) is 5.11 Å². The van der Waals surface area contributed by atoms with Gasteiger partial charge in [-0.1, -0.05) is 42.5 Å². The van der Waals surface area contributed by atoms with Gasteiger partial charge in [0.2, 0.25) is 0 Å². The number of hydrogen-bond acceptors (Lipinski definition) is 3. The summed E-state index contributed by atoms with van der Waals surface area (Å²) in [4.78, 5) is 4.54. The second-order valence-corrected chi connectivity index (χ2v) is 5.54. The third-order valence-corrected chi connectivity index (χ3v) is 3.49. The van der Waals surface area contributed by atoms with Gasteiger partial charge in [0, 0.05) is 25.3 Å². The molecule has 0 aliphatic carbocycles. The lowest BCUT2D eigenvalue weighted by Crippen LogP contribution is -2.31. The Morgan fingerprint density at radius 2 is 1.57 bits per heavy atom. The number of aliphatic hydroxyl groups excluding tert-OH is 1. The van der Waals surface area contributed by atoms with Crippen molar-refractivity contribution < 1.29 is 5.11 Å². The highest BCUT2D eigenvalue weighted by molar-refractivity contribution is 5.49. The SMILES string of the molecule is CN(C)CCN(Cc1ccccc1)c1cccc(CO)c1. The maximum atomic E-state index is 9.32. The number of nitrogens with zero attached hydrogens (tertiary/aromatic N) is 2. The average molecular weight is 284 g/mol. The minimum absolute atomic E-state index is 0.0840. The maximum Gasteiger partial charge on any atom is 0.0682 e. The number of hydrogen-bond donors (Lipinski definition) is 1. The number of anilines is 1. The van der Waals surface area contributed by atoms with Crippen molar-refractivity contribution in [1.29, 1.82) is 0 Å². The Morgan fingerprint density at radius 1 is 0.857 bits per heavy atom. The van der Waals surface area contributed by atoms with Crippen LogP contribution >= 0.6 is 0 Å². The molecule has 0 aliphatic heterocycles. The summed E-state index contributed by atoms with van der Waals surface area (Å²) in [6.45, 7) is 2.91. The van der Waals surface area contributed by atoms with Crippen LogP contribution in [0.5, 0.6) is 0 Å². The van der Waals surface area contributed by atoms with Gasteiger partial charge < -0.3 is 14.9 Å². The van der Waals surface area contributed by atoms with Gasteiger partial charge >= 0.3 is 0 Å². The van der Waals surface area contributed by atoms with Crippen molar-refractivity contribution in [3.05, 3.63) is 65.7 Å². The van der Waals surface area contributed by atoms with Gasteiger partial charge in [-0.3, -0.25) is 0 Å². The molecular formula is C18H24N2O. The average Bonchev–Trinajstić information content (AvgIpc) is 2.52. The van der Waals surface area contributed by atoms with Crippen LogP contribution in [0.2, 0.25) is 0 Å². The summed E-state index contributed by atoms with van der Waals surface area (Å²) in [7, 11) is 4.18. The predicted octanol–water partition coefficient (Wildman–Crippen LogP) is 2.75. The Hall–Kier alpha value is -1.84. The normalized spacial score (nSPS) is 10.9. The number of rotatable bonds is 7. The highest BCUT2D eigenvalue weighted by Crippen LogP contribution is 2.19. The number of aliphatic hydroxyl groups is 1. The largest absolute Gasteiger partial charge is 0.392 e. The summed E-state index contributed by atoms with van der Waals surface area (Å²) < 4.78 is 0. The van der Waals surface area contributed by atoms with Crippen LogP contribution in [-0.4, -0.2) is 37.2 Å². The molecule has 2 aromatic rings. The van der Waals surface area contributed by atoms with Crippen LogP contribution in [-0.2, 0) is 13.2 Å². The molecule has 2 aromatic carbocycles. The molecule has 21 heavy (non-hydrogen) atoms. The molecule has 3 heteroatoms. The minimum Gasteiger partial charge on any atom is -0.392 e. The summed E-state index contributed by atoms with van der Waals surface area (Å²) >= 11 is 0. The van der Waals surface area contributed by atoms with Crippen LogP contribution in [0.25, 0.3) is 0 Å². The molecule has 1 N–H and O–H groups in total. The van der Waals surface area contributed by atoms with E-state index >= 15 is 0 Å². The lowest BCUT2D eigenvalue weighted by atomic mass is 10.1. The summed E-state index contributed by atoms with van der Waals surface area (Å²) in [6, 6.07) is 18.6. The van der Waals surface area contributed by atoms with Crippen molar-refractivity contribution in [3.63, 3.8) is 0 Å². The second kappa shape index (κ2) is 7.81. The van der Waals surface area contributed by atoms with Crippen molar-refractivity contribution in [2.45, 2.75) is 13.2 Å². The molecule has 0 amide bonds. The molecule has 0 saturated carbocycles. The molecule has 112 valence electrons. The van der Waals surface area contributed by atoms with Gasteiger partial charge in [-0.05, 0) is 37.4 Å².